The van der Waals surface area contributed by atoms with E-state index in [0.29, 0.717) is 5.41 Å². The van der Waals surface area contributed by atoms with Crippen LogP contribution in [-0.2, 0) is 0 Å². The molecule has 0 nitrogen and oxygen atoms in total. The SMILES string of the molecule is CC1=CC[C@@H]2[C@@H]3[C@@H](C(C)C)CC[C@@]2(C)[C@@H]13. The first-order valence-corrected chi connectivity index (χ1v) is 6.72. The summed E-state index contributed by atoms with van der Waals surface area (Å²) in [4.78, 5) is 0. The Hall–Kier alpha value is -0.260. The van der Waals surface area contributed by atoms with E-state index < -0.39 is 0 Å². The Morgan fingerprint density at radius 2 is 2.13 bits per heavy atom. The Labute approximate surface area is 94.1 Å². The number of rotatable bonds is 1. The summed E-state index contributed by atoms with van der Waals surface area (Å²) in [6.45, 7) is 9.81. The molecule has 0 heteroatoms. The standard InChI is InChI=1S/C15H24/c1-9(2)11-7-8-15(4)12-6-5-10(3)14(15)13(11)12/h5,9,11-14H,6-8H2,1-4H3/t11-,12-,13+,14+,15-/m1/s1. The van der Waals surface area contributed by atoms with Crippen molar-refractivity contribution in [2.45, 2.75) is 47.0 Å². The van der Waals surface area contributed by atoms with Crippen molar-refractivity contribution in [1.82, 2.24) is 0 Å². The highest BCUT2D eigenvalue weighted by molar-refractivity contribution is 5.28. The smallest absolute Gasteiger partial charge is 0.0115 e. The number of hydrogen-bond acceptors (Lipinski definition) is 0. The molecule has 2 saturated carbocycles. The molecule has 0 spiro atoms. The molecule has 4 aliphatic carbocycles. The van der Waals surface area contributed by atoms with Crippen molar-refractivity contribution in [3.8, 4) is 0 Å². The van der Waals surface area contributed by atoms with Crippen LogP contribution >= 0.6 is 0 Å². The summed E-state index contributed by atoms with van der Waals surface area (Å²) < 4.78 is 0. The summed E-state index contributed by atoms with van der Waals surface area (Å²) >= 11 is 0. The van der Waals surface area contributed by atoms with Crippen molar-refractivity contribution in [3.05, 3.63) is 11.6 Å². The molecule has 0 radical (unpaired) electrons. The summed E-state index contributed by atoms with van der Waals surface area (Å²) in [5.41, 5.74) is 2.42. The first-order valence-electron chi connectivity index (χ1n) is 6.72. The second kappa shape index (κ2) is 2.90. The van der Waals surface area contributed by atoms with Gasteiger partial charge in [-0.2, -0.15) is 0 Å². The topological polar surface area (TPSA) is 0 Å². The van der Waals surface area contributed by atoms with Crippen LogP contribution in [-0.4, -0.2) is 0 Å². The fraction of sp³-hybridized carbons (Fsp3) is 0.867. The van der Waals surface area contributed by atoms with Crippen molar-refractivity contribution >= 4 is 0 Å². The summed E-state index contributed by atoms with van der Waals surface area (Å²) in [7, 11) is 0. The Balaban J connectivity index is 1.95. The van der Waals surface area contributed by atoms with Gasteiger partial charge in [-0.25, -0.2) is 0 Å². The molecule has 4 bridgehead atoms. The van der Waals surface area contributed by atoms with E-state index in [1.54, 1.807) is 5.57 Å². The normalized spacial score (nSPS) is 52.5. The highest BCUT2D eigenvalue weighted by Gasteiger charge is 2.64. The minimum atomic E-state index is 0.703. The average molecular weight is 204 g/mol. The Kier molecular flexibility index (Phi) is 1.92. The Morgan fingerprint density at radius 1 is 1.40 bits per heavy atom. The largest absolute Gasteiger partial charge is 0.0850 e. The molecule has 0 aromatic heterocycles. The van der Waals surface area contributed by atoms with Crippen molar-refractivity contribution in [2.24, 2.45) is 35.0 Å². The molecule has 0 aliphatic heterocycles. The Morgan fingerprint density at radius 3 is 2.73 bits per heavy atom. The van der Waals surface area contributed by atoms with Gasteiger partial charge >= 0.3 is 0 Å². The second-order valence-corrected chi connectivity index (χ2v) is 6.80. The van der Waals surface area contributed by atoms with Crippen LogP contribution < -0.4 is 0 Å². The molecule has 0 unspecified atom stereocenters. The van der Waals surface area contributed by atoms with E-state index >= 15 is 0 Å². The molecule has 2 fully saturated rings. The lowest BCUT2D eigenvalue weighted by atomic mass is 9.34. The maximum absolute atomic E-state index is 2.56. The monoisotopic (exact) mass is 204 g/mol. The highest BCUT2D eigenvalue weighted by Crippen LogP contribution is 2.71. The first kappa shape index (κ1) is 9.93. The molecular weight excluding hydrogens is 180 g/mol. The van der Waals surface area contributed by atoms with Gasteiger partial charge in [-0.05, 0) is 61.2 Å². The van der Waals surface area contributed by atoms with Gasteiger partial charge < -0.3 is 0 Å². The van der Waals surface area contributed by atoms with E-state index in [9.17, 15) is 0 Å². The minimum absolute atomic E-state index is 0.703. The highest BCUT2D eigenvalue weighted by atomic mass is 14.7. The predicted octanol–water partition coefficient (Wildman–Crippen LogP) is 4.27. The summed E-state index contributed by atoms with van der Waals surface area (Å²) in [6.07, 6.45) is 6.90. The second-order valence-electron chi connectivity index (χ2n) is 6.80. The van der Waals surface area contributed by atoms with E-state index in [-0.39, 0.29) is 0 Å². The van der Waals surface area contributed by atoms with Crippen LogP contribution in [0.4, 0.5) is 0 Å². The van der Waals surface area contributed by atoms with Crippen molar-refractivity contribution in [2.75, 3.05) is 0 Å². The fourth-order valence-electron chi connectivity index (χ4n) is 5.25. The zero-order valence-electron chi connectivity index (χ0n) is 10.6. The van der Waals surface area contributed by atoms with Crippen LogP contribution in [0.15, 0.2) is 11.6 Å². The van der Waals surface area contributed by atoms with Gasteiger partial charge in [-0.15, -0.1) is 0 Å². The molecule has 0 aromatic rings. The van der Waals surface area contributed by atoms with Crippen molar-refractivity contribution in [1.29, 1.82) is 0 Å². The Bertz CT molecular complexity index is 312. The van der Waals surface area contributed by atoms with Gasteiger partial charge in [0.1, 0.15) is 0 Å². The minimum Gasteiger partial charge on any atom is -0.0850 e. The molecule has 15 heavy (non-hydrogen) atoms. The molecule has 0 saturated heterocycles. The van der Waals surface area contributed by atoms with Gasteiger partial charge in [0.15, 0.2) is 0 Å². The third kappa shape index (κ3) is 1.04. The molecule has 84 valence electrons. The zero-order chi connectivity index (χ0) is 10.8. The summed E-state index contributed by atoms with van der Waals surface area (Å²) in [5.74, 6) is 4.96. The van der Waals surface area contributed by atoms with Gasteiger partial charge in [-0.1, -0.05) is 32.4 Å². The van der Waals surface area contributed by atoms with E-state index in [2.05, 4.69) is 33.8 Å². The molecule has 0 heterocycles. The van der Waals surface area contributed by atoms with E-state index in [0.717, 1.165) is 29.6 Å². The first-order chi connectivity index (χ1) is 7.05. The van der Waals surface area contributed by atoms with Crippen LogP contribution in [0.3, 0.4) is 0 Å². The van der Waals surface area contributed by atoms with E-state index in [1.165, 1.54) is 19.3 Å². The maximum Gasteiger partial charge on any atom is -0.0115 e. The van der Waals surface area contributed by atoms with E-state index in [4.69, 9.17) is 0 Å². The number of fused-ring (bicyclic) bond motifs is 1. The number of hydrogen-bond donors (Lipinski definition) is 0. The fourth-order valence-corrected chi connectivity index (χ4v) is 5.25. The number of allylic oxidation sites excluding steroid dienone is 2. The van der Waals surface area contributed by atoms with Crippen LogP contribution in [0.1, 0.15) is 47.0 Å². The molecule has 0 N–H and O–H groups in total. The van der Waals surface area contributed by atoms with Crippen LogP contribution in [0.2, 0.25) is 0 Å². The lowest BCUT2D eigenvalue weighted by Crippen LogP contribution is -2.63. The summed E-state index contributed by atoms with van der Waals surface area (Å²) in [6, 6.07) is 0. The van der Waals surface area contributed by atoms with Gasteiger partial charge in [0.25, 0.3) is 0 Å². The van der Waals surface area contributed by atoms with Gasteiger partial charge in [0.05, 0.1) is 0 Å². The molecule has 0 aromatic carbocycles. The zero-order valence-corrected chi connectivity index (χ0v) is 10.6. The van der Waals surface area contributed by atoms with Crippen molar-refractivity contribution < 1.29 is 0 Å². The molecule has 5 atom stereocenters. The molecule has 4 rings (SSSR count). The van der Waals surface area contributed by atoms with Crippen molar-refractivity contribution in [3.63, 3.8) is 0 Å². The van der Waals surface area contributed by atoms with Crippen LogP contribution in [0.25, 0.3) is 0 Å². The maximum atomic E-state index is 2.56. The van der Waals surface area contributed by atoms with Crippen LogP contribution in [0.5, 0.6) is 0 Å². The third-order valence-electron chi connectivity index (χ3n) is 5.96. The quantitative estimate of drug-likeness (QED) is 0.559. The van der Waals surface area contributed by atoms with Gasteiger partial charge in [0.2, 0.25) is 0 Å². The lowest BCUT2D eigenvalue weighted by Gasteiger charge is -2.70. The lowest BCUT2D eigenvalue weighted by molar-refractivity contribution is -0.181. The molecule has 4 aliphatic rings. The average Bonchev–Trinajstić information content (AvgIpc) is 2.17. The third-order valence-corrected chi connectivity index (χ3v) is 5.96. The van der Waals surface area contributed by atoms with Gasteiger partial charge in [0, 0.05) is 0 Å². The van der Waals surface area contributed by atoms with Gasteiger partial charge in [-0.3, -0.25) is 0 Å². The molecule has 0 amide bonds. The summed E-state index contributed by atoms with van der Waals surface area (Å²) in [5, 5.41) is 0. The van der Waals surface area contributed by atoms with E-state index in [1.807, 2.05) is 0 Å². The molecular formula is C15H24. The van der Waals surface area contributed by atoms with Crippen LogP contribution in [0, 0.1) is 35.0 Å². The predicted molar refractivity (Wildman–Crippen MR) is 64.5 cm³/mol.